The lowest BCUT2D eigenvalue weighted by Gasteiger charge is -2.25. The van der Waals surface area contributed by atoms with Gasteiger partial charge in [0.25, 0.3) is 0 Å². The third-order valence-electron chi connectivity index (χ3n) is 3.79. The first-order valence-electron chi connectivity index (χ1n) is 7.06. The highest BCUT2D eigenvalue weighted by atomic mass is 19.1. The van der Waals surface area contributed by atoms with E-state index in [0.29, 0.717) is 23.8 Å². The van der Waals surface area contributed by atoms with Gasteiger partial charge in [0.05, 0.1) is 6.04 Å². The molecule has 0 spiro atoms. The molecule has 1 atom stereocenters. The van der Waals surface area contributed by atoms with Crippen molar-refractivity contribution >= 4 is 5.95 Å². The molecule has 0 radical (unpaired) electrons. The number of nitrogens with zero attached hydrogens (tertiary/aromatic N) is 4. The molecule has 1 saturated heterocycles. The number of nitriles is 1. The van der Waals surface area contributed by atoms with Crippen molar-refractivity contribution in [2.45, 2.75) is 25.8 Å². The van der Waals surface area contributed by atoms with Crippen molar-refractivity contribution in [3.05, 3.63) is 52.9 Å². The summed E-state index contributed by atoms with van der Waals surface area (Å²) in [4.78, 5) is 10.4. The molecule has 1 aromatic heterocycles. The van der Waals surface area contributed by atoms with Gasteiger partial charge >= 0.3 is 0 Å². The van der Waals surface area contributed by atoms with Gasteiger partial charge in [0, 0.05) is 23.9 Å². The summed E-state index contributed by atoms with van der Waals surface area (Å²) in [6.45, 7) is 2.46. The Balaban J connectivity index is 2.00. The van der Waals surface area contributed by atoms with Crippen LogP contribution < -0.4 is 4.90 Å². The molecule has 22 heavy (non-hydrogen) atoms. The highest BCUT2D eigenvalue weighted by Crippen LogP contribution is 2.35. The van der Waals surface area contributed by atoms with Crippen molar-refractivity contribution in [3.8, 4) is 6.07 Å². The summed E-state index contributed by atoms with van der Waals surface area (Å²) in [6, 6.07) is 6.98. The Morgan fingerprint density at radius 2 is 2.09 bits per heavy atom. The number of aryl methyl sites for hydroxylation is 1. The van der Waals surface area contributed by atoms with Gasteiger partial charge in [-0.3, -0.25) is 0 Å². The Morgan fingerprint density at radius 3 is 2.82 bits per heavy atom. The van der Waals surface area contributed by atoms with Crippen LogP contribution in [0.5, 0.6) is 0 Å². The Morgan fingerprint density at radius 1 is 1.27 bits per heavy atom. The Hall–Kier alpha value is -2.55. The van der Waals surface area contributed by atoms with E-state index in [1.54, 1.807) is 13.0 Å². The van der Waals surface area contributed by atoms with Crippen LogP contribution in [0.15, 0.2) is 24.3 Å². The average molecular weight is 300 g/mol. The van der Waals surface area contributed by atoms with E-state index in [1.807, 2.05) is 11.0 Å². The number of anilines is 1. The van der Waals surface area contributed by atoms with Crippen molar-refractivity contribution in [2.75, 3.05) is 11.4 Å². The van der Waals surface area contributed by atoms with Crippen molar-refractivity contribution in [1.82, 2.24) is 9.97 Å². The molecule has 0 saturated carbocycles. The third kappa shape index (κ3) is 2.62. The number of aromatic nitrogens is 2. The fraction of sp³-hybridized carbons (Fsp3) is 0.312. The third-order valence-corrected chi connectivity index (χ3v) is 3.79. The maximum absolute atomic E-state index is 14.1. The molecule has 1 aromatic carbocycles. The molecule has 1 unspecified atom stereocenters. The number of rotatable bonds is 2. The molecule has 1 aliphatic heterocycles. The molecule has 0 bridgehead atoms. The summed E-state index contributed by atoms with van der Waals surface area (Å²) in [5.74, 6) is -0.739. The van der Waals surface area contributed by atoms with Crippen LogP contribution >= 0.6 is 0 Å². The normalized spacial score (nSPS) is 17.5. The van der Waals surface area contributed by atoms with E-state index < -0.39 is 11.6 Å². The van der Waals surface area contributed by atoms with Gasteiger partial charge < -0.3 is 4.90 Å². The molecule has 0 amide bonds. The van der Waals surface area contributed by atoms with Crippen LogP contribution in [0, 0.1) is 29.9 Å². The Bertz CT molecular complexity index is 754. The number of hydrogen-bond acceptors (Lipinski definition) is 4. The summed E-state index contributed by atoms with van der Waals surface area (Å²) >= 11 is 0. The molecule has 4 nitrogen and oxygen atoms in total. The highest BCUT2D eigenvalue weighted by molar-refractivity contribution is 5.41. The molecule has 0 N–H and O–H groups in total. The van der Waals surface area contributed by atoms with Gasteiger partial charge in [-0.2, -0.15) is 5.26 Å². The molecule has 2 aromatic rings. The first-order valence-corrected chi connectivity index (χ1v) is 7.06. The van der Waals surface area contributed by atoms with Gasteiger partial charge in [0.2, 0.25) is 5.95 Å². The van der Waals surface area contributed by atoms with E-state index in [-0.39, 0.29) is 11.7 Å². The Labute approximate surface area is 127 Å². The zero-order chi connectivity index (χ0) is 15.7. The number of benzene rings is 1. The fourth-order valence-electron chi connectivity index (χ4n) is 2.84. The van der Waals surface area contributed by atoms with Crippen molar-refractivity contribution in [1.29, 1.82) is 5.26 Å². The number of halogens is 2. The predicted molar refractivity (Wildman–Crippen MR) is 77.2 cm³/mol. The summed E-state index contributed by atoms with van der Waals surface area (Å²) < 4.78 is 27.1. The minimum absolute atomic E-state index is 0.242. The maximum Gasteiger partial charge on any atom is 0.227 e. The zero-order valence-corrected chi connectivity index (χ0v) is 12.1. The second kappa shape index (κ2) is 5.68. The fourth-order valence-corrected chi connectivity index (χ4v) is 2.84. The van der Waals surface area contributed by atoms with Crippen LogP contribution in [0.2, 0.25) is 0 Å². The van der Waals surface area contributed by atoms with Gasteiger partial charge in [0.15, 0.2) is 0 Å². The molecule has 1 fully saturated rings. The van der Waals surface area contributed by atoms with Crippen LogP contribution in [0.1, 0.15) is 35.8 Å². The van der Waals surface area contributed by atoms with Crippen molar-refractivity contribution in [2.24, 2.45) is 0 Å². The molecule has 0 aliphatic carbocycles. The lowest BCUT2D eigenvalue weighted by atomic mass is 10.0. The van der Waals surface area contributed by atoms with Gasteiger partial charge in [-0.25, -0.2) is 18.7 Å². The first-order chi connectivity index (χ1) is 10.6. The average Bonchev–Trinajstić information content (AvgIpc) is 2.95. The second-order valence-corrected chi connectivity index (χ2v) is 5.32. The SMILES string of the molecule is Cc1cc(C#N)nc(N2CCCC2c2ccc(F)cc2F)n1. The van der Waals surface area contributed by atoms with Gasteiger partial charge in [0.1, 0.15) is 23.4 Å². The van der Waals surface area contributed by atoms with Crippen LogP contribution in [-0.2, 0) is 0 Å². The van der Waals surface area contributed by atoms with Gasteiger partial charge in [-0.1, -0.05) is 6.07 Å². The summed E-state index contributed by atoms with van der Waals surface area (Å²) in [5.41, 5.74) is 1.40. The van der Waals surface area contributed by atoms with Gasteiger partial charge in [-0.05, 0) is 31.9 Å². The Kier molecular flexibility index (Phi) is 3.72. The molecular weight excluding hydrogens is 286 g/mol. The monoisotopic (exact) mass is 300 g/mol. The quantitative estimate of drug-likeness (QED) is 0.854. The second-order valence-electron chi connectivity index (χ2n) is 5.32. The van der Waals surface area contributed by atoms with E-state index in [4.69, 9.17) is 5.26 Å². The van der Waals surface area contributed by atoms with Crippen molar-refractivity contribution in [3.63, 3.8) is 0 Å². The van der Waals surface area contributed by atoms with E-state index in [1.165, 1.54) is 12.1 Å². The van der Waals surface area contributed by atoms with E-state index in [9.17, 15) is 8.78 Å². The van der Waals surface area contributed by atoms with E-state index in [2.05, 4.69) is 9.97 Å². The molecule has 6 heteroatoms. The standard InChI is InChI=1S/C16H14F2N4/c1-10-7-12(9-19)21-16(20-10)22-6-2-3-15(22)13-5-4-11(17)8-14(13)18/h4-5,7-8,15H,2-3,6H2,1H3. The molecule has 112 valence electrons. The largest absolute Gasteiger partial charge is 0.334 e. The lowest BCUT2D eigenvalue weighted by Crippen LogP contribution is -2.26. The van der Waals surface area contributed by atoms with Crippen molar-refractivity contribution < 1.29 is 8.78 Å². The molecule has 3 rings (SSSR count). The smallest absolute Gasteiger partial charge is 0.227 e. The molecule has 1 aliphatic rings. The summed E-state index contributed by atoms with van der Waals surface area (Å²) in [6.07, 6.45) is 1.60. The minimum atomic E-state index is -0.593. The van der Waals surface area contributed by atoms with E-state index >= 15 is 0 Å². The topological polar surface area (TPSA) is 52.8 Å². The zero-order valence-electron chi connectivity index (χ0n) is 12.1. The predicted octanol–water partition coefficient (Wildman–Crippen LogP) is 3.28. The van der Waals surface area contributed by atoms with Crippen LogP contribution in [0.3, 0.4) is 0 Å². The van der Waals surface area contributed by atoms with Crippen LogP contribution in [0.4, 0.5) is 14.7 Å². The molecular formula is C16H14F2N4. The minimum Gasteiger partial charge on any atom is -0.334 e. The highest BCUT2D eigenvalue weighted by Gasteiger charge is 2.30. The lowest BCUT2D eigenvalue weighted by molar-refractivity contribution is 0.552. The maximum atomic E-state index is 14.1. The van der Waals surface area contributed by atoms with E-state index in [0.717, 1.165) is 18.9 Å². The van der Waals surface area contributed by atoms with Gasteiger partial charge in [-0.15, -0.1) is 0 Å². The van der Waals surface area contributed by atoms with Crippen LogP contribution in [-0.4, -0.2) is 16.5 Å². The first kappa shape index (κ1) is 14.4. The number of hydrogen-bond donors (Lipinski definition) is 0. The summed E-state index contributed by atoms with van der Waals surface area (Å²) in [5, 5.41) is 9.03. The summed E-state index contributed by atoms with van der Waals surface area (Å²) in [7, 11) is 0. The molecule has 2 heterocycles. The van der Waals surface area contributed by atoms with Crippen LogP contribution in [0.25, 0.3) is 0 Å².